The molecule has 122 valence electrons. The molecule has 0 aromatic heterocycles. The Balaban J connectivity index is 2.08. The van der Waals surface area contributed by atoms with Crippen LogP contribution in [0.1, 0.15) is 13.8 Å². The van der Waals surface area contributed by atoms with E-state index in [-0.39, 0.29) is 5.91 Å². The number of carbonyl (C=O) groups excluding carboxylic acids is 1. The molecule has 23 heavy (non-hydrogen) atoms. The molecule has 0 radical (unpaired) electrons. The van der Waals surface area contributed by atoms with Crippen molar-refractivity contribution in [2.75, 3.05) is 18.2 Å². The standard InChI is InChI=1S/C17H19ClN2O3/c1-17(2,23-13-7-4-11(18)5-8-13)16(21)20-12-6-9-15(22-3)14(19)10-12/h4-10H,19H2,1-3H3,(H,20,21). The zero-order chi connectivity index (χ0) is 17.0. The van der Waals surface area contributed by atoms with Gasteiger partial charge in [-0.15, -0.1) is 0 Å². The zero-order valence-electron chi connectivity index (χ0n) is 13.2. The highest BCUT2D eigenvalue weighted by atomic mass is 35.5. The van der Waals surface area contributed by atoms with Crippen LogP contribution in [0.15, 0.2) is 42.5 Å². The van der Waals surface area contributed by atoms with Gasteiger partial charge in [0.2, 0.25) is 0 Å². The van der Waals surface area contributed by atoms with Crippen LogP contribution in [0.25, 0.3) is 0 Å². The molecule has 2 aromatic rings. The van der Waals surface area contributed by atoms with E-state index in [4.69, 9.17) is 26.8 Å². The first-order valence-electron chi connectivity index (χ1n) is 7.01. The average Bonchev–Trinajstić information content (AvgIpc) is 2.49. The molecule has 2 aromatic carbocycles. The molecule has 0 fully saturated rings. The zero-order valence-corrected chi connectivity index (χ0v) is 14.0. The van der Waals surface area contributed by atoms with Gasteiger partial charge < -0.3 is 20.5 Å². The lowest BCUT2D eigenvalue weighted by molar-refractivity contribution is -0.128. The van der Waals surface area contributed by atoms with Crippen LogP contribution in [-0.2, 0) is 4.79 Å². The van der Waals surface area contributed by atoms with Gasteiger partial charge >= 0.3 is 0 Å². The van der Waals surface area contributed by atoms with Crippen molar-refractivity contribution in [3.05, 3.63) is 47.5 Å². The molecule has 0 aliphatic rings. The number of halogens is 1. The van der Waals surface area contributed by atoms with Crippen molar-refractivity contribution >= 4 is 28.9 Å². The fourth-order valence-electron chi connectivity index (χ4n) is 1.94. The number of hydrogen-bond acceptors (Lipinski definition) is 4. The molecule has 0 aliphatic heterocycles. The normalized spacial score (nSPS) is 11.0. The minimum absolute atomic E-state index is 0.294. The lowest BCUT2D eigenvalue weighted by atomic mass is 10.1. The number of nitrogen functional groups attached to an aromatic ring is 1. The van der Waals surface area contributed by atoms with E-state index >= 15 is 0 Å². The Bertz CT molecular complexity index is 699. The first kappa shape index (κ1) is 17.0. The maximum atomic E-state index is 12.4. The van der Waals surface area contributed by atoms with Gasteiger partial charge in [0, 0.05) is 10.7 Å². The highest BCUT2D eigenvalue weighted by Gasteiger charge is 2.30. The summed E-state index contributed by atoms with van der Waals surface area (Å²) >= 11 is 5.84. The highest BCUT2D eigenvalue weighted by Crippen LogP contribution is 2.26. The van der Waals surface area contributed by atoms with Gasteiger partial charge in [-0.1, -0.05) is 11.6 Å². The van der Waals surface area contributed by atoms with Crippen molar-refractivity contribution in [2.24, 2.45) is 0 Å². The lowest BCUT2D eigenvalue weighted by Gasteiger charge is -2.25. The summed E-state index contributed by atoms with van der Waals surface area (Å²) in [5, 5.41) is 3.39. The van der Waals surface area contributed by atoms with Crippen LogP contribution in [0.5, 0.6) is 11.5 Å². The van der Waals surface area contributed by atoms with Crippen LogP contribution in [0, 0.1) is 0 Å². The Morgan fingerprint density at radius 3 is 2.39 bits per heavy atom. The SMILES string of the molecule is COc1ccc(NC(=O)C(C)(C)Oc2ccc(Cl)cc2)cc1N. The number of carbonyl (C=O) groups is 1. The third-order valence-corrected chi connectivity index (χ3v) is 3.47. The minimum Gasteiger partial charge on any atom is -0.495 e. The van der Waals surface area contributed by atoms with Gasteiger partial charge in [0.05, 0.1) is 12.8 Å². The smallest absolute Gasteiger partial charge is 0.267 e. The van der Waals surface area contributed by atoms with Crippen LogP contribution in [0.4, 0.5) is 11.4 Å². The summed E-state index contributed by atoms with van der Waals surface area (Å²) in [6.07, 6.45) is 0. The second-order valence-electron chi connectivity index (χ2n) is 5.48. The summed E-state index contributed by atoms with van der Waals surface area (Å²) in [4.78, 5) is 12.4. The van der Waals surface area contributed by atoms with Gasteiger partial charge in [-0.3, -0.25) is 4.79 Å². The van der Waals surface area contributed by atoms with Crippen molar-refractivity contribution in [2.45, 2.75) is 19.4 Å². The fraction of sp³-hybridized carbons (Fsp3) is 0.235. The Morgan fingerprint density at radius 1 is 1.17 bits per heavy atom. The quantitative estimate of drug-likeness (QED) is 0.817. The number of methoxy groups -OCH3 is 1. The molecule has 0 saturated carbocycles. The van der Waals surface area contributed by atoms with E-state index < -0.39 is 5.60 Å². The third kappa shape index (κ3) is 4.29. The molecule has 0 saturated heterocycles. The number of nitrogens with two attached hydrogens (primary N) is 1. The van der Waals surface area contributed by atoms with Gasteiger partial charge in [-0.05, 0) is 56.3 Å². The van der Waals surface area contributed by atoms with E-state index in [0.717, 1.165) is 0 Å². The number of rotatable bonds is 5. The van der Waals surface area contributed by atoms with Crippen molar-refractivity contribution in [1.82, 2.24) is 0 Å². The van der Waals surface area contributed by atoms with Crippen molar-refractivity contribution in [3.63, 3.8) is 0 Å². The molecule has 0 aliphatic carbocycles. The van der Waals surface area contributed by atoms with Crippen LogP contribution in [0.3, 0.4) is 0 Å². The van der Waals surface area contributed by atoms with E-state index in [1.165, 1.54) is 7.11 Å². The Labute approximate surface area is 140 Å². The summed E-state index contributed by atoms with van der Waals surface area (Å²) in [5.74, 6) is 0.820. The van der Waals surface area contributed by atoms with Crippen molar-refractivity contribution < 1.29 is 14.3 Å². The van der Waals surface area contributed by atoms with E-state index in [9.17, 15) is 4.79 Å². The van der Waals surface area contributed by atoms with Gasteiger partial charge in [0.25, 0.3) is 5.91 Å². The summed E-state index contributed by atoms with van der Waals surface area (Å²) in [6, 6.07) is 11.9. The van der Waals surface area contributed by atoms with Gasteiger partial charge in [-0.2, -0.15) is 0 Å². The molecule has 2 rings (SSSR count). The van der Waals surface area contributed by atoms with Gasteiger partial charge in [0.15, 0.2) is 5.60 Å². The molecule has 0 atom stereocenters. The van der Waals surface area contributed by atoms with Crippen LogP contribution in [-0.4, -0.2) is 18.6 Å². The topological polar surface area (TPSA) is 73.6 Å². The molecular formula is C17H19ClN2O3. The van der Waals surface area contributed by atoms with E-state index in [0.29, 0.717) is 27.9 Å². The number of ether oxygens (including phenoxy) is 2. The lowest BCUT2D eigenvalue weighted by Crippen LogP contribution is -2.42. The second-order valence-corrected chi connectivity index (χ2v) is 5.91. The number of anilines is 2. The Hall–Kier alpha value is -2.40. The number of benzene rings is 2. The van der Waals surface area contributed by atoms with E-state index in [1.807, 2.05) is 0 Å². The number of nitrogens with one attached hydrogen (secondary N) is 1. The molecule has 5 nitrogen and oxygen atoms in total. The van der Waals surface area contributed by atoms with Crippen molar-refractivity contribution in [3.8, 4) is 11.5 Å². The fourth-order valence-corrected chi connectivity index (χ4v) is 2.06. The number of amides is 1. The average molecular weight is 335 g/mol. The van der Waals surface area contributed by atoms with Gasteiger partial charge in [-0.25, -0.2) is 0 Å². The highest BCUT2D eigenvalue weighted by molar-refractivity contribution is 6.30. The second kappa shape index (κ2) is 6.79. The minimum atomic E-state index is -1.07. The largest absolute Gasteiger partial charge is 0.495 e. The first-order valence-corrected chi connectivity index (χ1v) is 7.39. The maximum absolute atomic E-state index is 12.4. The maximum Gasteiger partial charge on any atom is 0.267 e. The molecular weight excluding hydrogens is 316 g/mol. The summed E-state index contributed by atoms with van der Waals surface area (Å²) in [7, 11) is 1.53. The van der Waals surface area contributed by atoms with E-state index in [1.54, 1.807) is 56.3 Å². The summed E-state index contributed by atoms with van der Waals surface area (Å²) < 4.78 is 10.8. The summed E-state index contributed by atoms with van der Waals surface area (Å²) in [5.41, 5.74) is 5.78. The molecule has 0 spiro atoms. The van der Waals surface area contributed by atoms with Crippen molar-refractivity contribution in [1.29, 1.82) is 0 Å². The molecule has 6 heteroatoms. The molecule has 3 N–H and O–H groups in total. The molecule has 0 bridgehead atoms. The first-order chi connectivity index (χ1) is 10.8. The Kier molecular flexibility index (Phi) is 5.01. The van der Waals surface area contributed by atoms with Crippen LogP contribution in [0.2, 0.25) is 5.02 Å². The monoisotopic (exact) mass is 334 g/mol. The number of hydrogen-bond donors (Lipinski definition) is 2. The molecule has 1 amide bonds. The summed E-state index contributed by atoms with van der Waals surface area (Å²) in [6.45, 7) is 3.37. The Morgan fingerprint density at radius 2 is 1.83 bits per heavy atom. The predicted molar refractivity (Wildman–Crippen MR) is 92.2 cm³/mol. The molecule has 0 heterocycles. The molecule has 0 unspecified atom stereocenters. The predicted octanol–water partition coefficient (Wildman–Crippen LogP) is 3.73. The van der Waals surface area contributed by atoms with Crippen LogP contribution < -0.4 is 20.5 Å². The van der Waals surface area contributed by atoms with Crippen LogP contribution >= 0.6 is 11.6 Å². The van der Waals surface area contributed by atoms with Gasteiger partial charge in [0.1, 0.15) is 11.5 Å². The third-order valence-electron chi connectivity index (χ3n) is 3.22. The van der Waals surface area contributed by atoms with E-state index in [2.05, 4.69) is 5.32 Å².